The molecule has 3 heterocycles. The number of amides is 2. The molecule has 30 heavy (non-hydrogen) atoms. The first-order chi connectivity index (χ1) is 14.3. The largest absolute Gasteiger partial charge is 0.435 e. The lowest BCUT2D eigenvalue weighted by Crippen LogP contribution is -2.41. The minimum absolute atomic E-state index is 0.0591. The van der Waals surface area contributed by atoms with Crippen LogP contribution in [0.3, 0.4) is 0 Å². The normalized spacial score (nSPS) is 17.2. The van der Waals surface area contributed by atoms with Gasteiger partial charge in [-0.1, -0.05) is 5.21 Å². The maximum Gasteiger partial charge on any atom is 0.435 e. The highest BCUT2D eigenvalue weighted by molar-refractivity contribution is 5.89. The van der Waals surface area contributed by atoms with Gasteiger partial charge in [0.15, 0.2) is 5.69 Å². The van der Waals surface area contributed by atoms with Crippen molar-refractivity contribution < 1.29 is 18.0 Å². The van der Waals surface area contributed by atoms with Gasteiger partial charge in [-0.05, 0) is 43.5 Å². The Morgan fingerprint density at radius 1 is 1.17 bits per heavy atom. The summed E-state index contributed by atoms with van der Waals surface area (Å²) in [7, 11) is 1.83. The summed E-state index contributed by atoms with van der Waals surface area (Å²) in [6.07, 6.45) is 2.57. The fraction of sp³-hybridized carbons (Fsp3) is 0.368. The van der Waals surface area contributed by atoms with Crippen molar-refractivity contribution >= 4 is 11.7 Å². The van der Waals surface area contributed by atoms with Gasteiger partial charge >= 0.3 is 12.2 Å². The topological polar surface area (TPSA) is 80.9 Å². The molecule has 1 fully saturated rings. The molecule has 158 valence electrons. The van der Waals surface area contributed by atoms with E-state index >= 15 is 0 Å². The zero-order valence-corrected chi connectivity index (χ0v) is 16.2. The quantitative estimate of drug-likeness (QED) is 0.701. The number of hydrogen-bond acceptors (Lipinski definition) is 4. The Hall–Kier alpha value is -3.37. The first-order valence-corrected chi connectivity index (χ1v) is 9.47. The molecule has 0 aliphatic carbocycles. The van der Waals surface area contributed by atoms with Crippen LogP contribution in [-0.4, -0.2) is 42.3 Å². The molecule has 3 aromatic rings. The van der Waals surface area contributed by atoms with Crippen LogP contribution >= 0.6 is 0 Å². The summed E-state index contributed by atoms with van der Waals surface area (Å²) in [6.45, 7) is 0.622. The number of alkyl halides is 3. The summed E-state index contributed by atoms with van der Waals surface area (Å²) in [5.74, 6) is 0. The highest BCUT2D eigenvalue weighted by Crippen LogP contribution is 2.32. The van der Waals surface area contributed by atoms with Gasteiger partial charge in [-0.15, -0.1) is 5.10 Å². The zero-order valence-electron chi connectivity index (χ0n) is 16.2. The summed E-state index contributed by atoms with van der Waals surface area (Å²) >= 11 is 0. The first kappa shape index (κ1) is 19.9. The zero-order chi connectivity index (χ0) is 21.3. The van der Waals surface area contributed by atoms with Crippen LogP contribution in [0.5, 0.6) is 0 Å². The van der Waals surface area contributed by atoms with E-state index in [-0.39, 0.29) is 17.8 Å². The van der Waals surface area contributed by atoms with E-state index in [0.717, 1.165) is 24.8 Å². The first-order valence-electron chi connectivity index (χ1n) is 9.47. The van der Waals surface area contributed by atoms with Gasteiger partial charge in [0.05, 0.1) is 24.1 Å². The average molecular weight is 419 g/mol. The molecule has 11 heteroatoms. The van der Waals surface area contributed by atoms with E-state index in [9.17, 15) is 18.0 Å². The van der Waals surface area contributed by atoms with Crippen LogP contribution in [0.1, 0.15) is 36.6 Å². The Kier molecular flexibility index (Phi) is 5.18. The van der Waals surface area contributed by atoms with E-state index in [4.69, 9.17) is 0 Å². The van der Waals surface area contributed by atoms with Gasteiger partial charge in [0.2, 0.25) is 0 Å². The standard InChI is InChI=1S/C19H20F3N7O/c1-27-12-13(10-24-27)16-4-2-3-9-28(16)18(30)25-14-5-7-15(8-6-14)29-17(11-23-26-29)19(20,21)22/h5-8,10-12,16H,2-4,9H2,1H3,(H,25,30). The number of rotatable bonds is 3. The summed E-state index contributed by atoms with van der Waals surface area (Å²) in [6, 6.07) is 5.67. The van der Waals surface area contributed by atoms with Crippen LogP contribution in [-0.2, 0) is 13.2 Å². The minimum atomic E-state index is -4.56. The van der Waals surface area contributed by atoms with Crippen molar-refractivity contribution in [2.75, 3.05) is 11.9 Å². The number of aromatic nitrogens is 5. The average Bonchev–Trinajstić information content (AvgIpc) is 3.38. The van der Waals surface area contributed by atoms with Gasteiger partial charge in [-0.3, -0.25) is 4.68 Å². The Balaban J connectivity index is 1.49. The molecule has 0 saturated carbocycles. The van der Waals surface area contributed by atoms with E-state index < -0.39 is 11.9 Å². The smallest absolute Gasteiger partial charge is 0.317 e. The molecule has 2 aromatic heterocycles. The third-order valence-electron chi connectivity index (χ3n) is 5.08. The van der Waals surface area contributed by atoms with Crippen LogP contribution in [0.4, 0.5) is 23.7 Å². The maximum absolute atomic E-state index is 13.0. The number of piperidine rings is 1. The number of carbonyl (C=O) groups is 1. The summed E-state index contributed by atoms with van der Waals surface area (Å²) in [5, 5.41) is 13.9. The number of hydrogen-bond donors (Lipinski definition) is 1. The van der Waals surface area contributed by atoms with Crippen LogP contribution in [0.25, 0.3) is 5.69 Å². The SMILES string of the molecule is Cn1cc(C2CCCCN2C(=O)Nc2ccc(-n3nncc3C(F)(F)F)cc2)cn1. The Labute approximate surface area is 170 Å². The van der Waals surface area contributed by atoms with Crippen LogP contribution in [0.2, 0.25) is 0 Å². The number of likely N-dealkylation sites (tertiary alicyclic amines) is 1. The number of aryl methyl sites for hydroxylation is 1. The predicted octanol–water partition coefficient (Wildman–Crippen LogP) is 3.78. The van der Waals surface area contributed by atoms with E-state index in [0.29, 0.717) is 23.1 Å². The van der Waals surface area contributed by atoms with E-state index in [2.05, 4.69) is 20.7 Å². The molecule has 0 spiro atoms. The highest BCUT2D eigenvalue weighted by atomic mass is 19.4. The van der Waals surface area contributed by atoms with Crippen LogP contribution < -0.4 is 5.32 Å². The van der Waals surface area contributed by atoms with E-state index in [1.54, 1.807) is 15.8 Å². The third-order valence-corrected chi connectivity index (χ3v) is 5.08. The maximum atomic E-state index is 13.0. The lowest BCUT2D eigenvalue weighted by molar-refractivity contribution is -0.142. The molecule has 0 bridgehead atoms. The third kappa shape index (κ3) is 4.00. The molecule has 1 saturated heterocycles. The van der Waals surface area contributed by atoms with Crippen molar-refractivity contribution in [3.63, 3.8) is 0 Å². The molecule has 2 amide bonds. The second-order valence-corrected chi connectivity index (χ2v) is 7.16. The second-order valence-electron chi connectivity index (χ2n) is 7.16. The van der Waals surface area contributed by atoms with Gasteiger partial charge in [0, 0.05) is 31.0 Å². The van der Waals surface area contributed by atoms with E-state index in [1.165, 1.54) is 24.3 Å². The number of anilines is 1. The number of halogens is 3. The fourth-order valence-corrected chi connectivity index (χ4v) is 3.63. The van der Waals surface area contributed by atoms with Crippen molar-refractivity contribution in [1.82, 2.24) is 29.7 Å². The fourth-order valence-electron chi connectivity index (χ4n) is 3.63. The minimum Gasteiger partial charge on any atom is -0.317 e. The van der Waals surface area contributed by atoms with Gasteiger partial charge in [0.25, 0.3) is 0 Å². The number of carbonyl (C=O) groups excluding carboxylic acids is 1. The van der Waals surface area contributed by atoms with Gasteiger partial charge in [-0.2, -0.15) is 18.3 Å². The Bertz CT molecular complexity index is 1030. The summed E-state index contributed by atoms with van der Waals surface area (Å²) in [4.78, 5) is 14.6. The lowest BCUT2D eigenvalue weighted by Gasteiger charge is -2.35. The monoisotopic (exact) mass is 419 g/mol. The Morgan fingerprint density at radius 2 is 1.93 bits per heavy atom. The van der Waals surface area contributed by atoms with Gasteiger partial charge < -0.3 is 10.2 Å². The molecule has 1 aromatic carbocycles. The van der Waals surface area contributed by atoms with Gasteiger partial charge in [0.1, 0.15) is 0 Å². The van der Waals surface area contributed by atoms with Crippen molar-refractivity contribution in [1.29, 1.82) is 0 Å². The van der Waals surface area contributed by atoms with Crippen molar-refractivity contribution in [3.05, 3.63) is 54.1 Å². The number of urea groups is 1. The second kappa shape index (κ2) is 7.81. The molecule has 1 aliphatic heterocycles. The lowest BCUT2D eigenvalue weighted by atomic mass is 9.98. The molecular formula is C19H20F3N7O. The number of nitrogens with one attached hydrogen (secondary N) is 1. The number of nitrogens with zero attached hydrogens (tertiary/aromatic N) is 6. The highest BCUT2D eigenvalue weighted by Gasteiger charge is 2.36. The molecule has 4 rings (SSSR count). The van der Waals surface area contributed by atoms with Crippen LogP contribution in [0, 0.1) is 0 Å². The number of benzene rings is 1. The molecule has 0 radical (unpaired) electrons. The van der Waals surface area contributed by atoms with Crippen molar-refractivity contribution in [2.45, 2.75) is 31.5 Å². The molecule has 1 N–H and O–H groups in total. The summed E-state index contributed by atoms with van der Waals surface area (Å²) < 4.78 is 41.5. The molecule has 8 nitrogen and oxygen atoms in total. The van der Waals surface area contributed by atoms with Crippen molar-refractivity contribution in [2.24, 2.45) is 7.05 Å². The van der Waals surface area contributed by atoms with Crippen LogP contribution in [0.15, 0.2) is 42.9 Å². The Morgan fingerprint density at radius 3 is 2.60 bits per heavy atom. The van der Waals surface area contributed by atoms with Gasteiger partial charge in [-0.25, -0.2) is 9.48 Å². The van der Waals surface area contributed by atoms with E-state index in [1.807, 2.05) is 13.2 Å². The summed E-state index contributed by atoms with van der Waals surface area (Å²) in [5.41, 5.74) is 0.692. The molecule has 1 unspecified atom stereocenters. The molecule has 1 atom stereocenters. The predicted molar refractivity (Wildman–Crippen MR) is 102 cm³/mol. The molecular weight excluding hydrogens is 399 g/mol. The molecule has 1 aliphatic rings. The van der Waals surface area contributed by atoms with Crippen molar-refractivity contribution in [3.8, 4) is 5.69 Å².